The molecule has 102 valence electrons. The summed E-state index contributed by atoms with van der Waals surface area (Å²) in [6.07, 6.45) is 0. The molecule has 2 aromatic rings. The number of aromatic amines is 1. The highest BCUT2D eigenvalue weighted by Gasteiger charge is 2.19. The molecule has 1 unspecified atom stereocenters. The van der Waals surface area contributed by atoms with Crippen LogP contribution in [0.5, 0.6) is 5.75 Å². The molecular formula is C12H17N5OS. The van der Waals surface area contributed by atoms with Gasteiger partial charge in [0.15, 0.2) is 5.82 Å². The molecule has 0 saturated carbocycles. The quantitative estimate of drug-likeness (QED) is 0.887. The number of nitrogens with zero attached hydrogens (tertiary/aromatic N) is 3. The monoisotopic (exact) mass is 279 g/mol. The van der Waals surface area contributed by atoms with Crippen molar-refractivity contribution in [1.82, 2.24) is 20.5 Å². The number of methoxy groups -OCH3 is 1. The molecule has 2 aromatic heterocycles. The maximum Gasteiger partial charge on any atom is 0.245 e. The van der Waals surface area contributed by atoms with Crippen molar-refractivity contribution in [3.05, 3.63) is 11.4 Å². The SMILES string of the molecule is COc1csc(-c2nc(N3CCNC(C)C3)n[nH]2)c1. The van der Waals surface area contributed by atoms with Gasteiger partial charge in [-0.2, -0.15) is 4.98 Å². The molecule has 2 N–H and O–H groups in total. The van der Waals surface area contributed by atoms with Gasteiger partial charge in [0, 0.05) is 37.1 Å². The summed E-state index contributed by atoms with van der Waals surface area (Å²) >= 11 is 1.60. The predicted octanol–water partition coefficient (Wildman–Crippen LogP) is 1.34. The molecule has 0 spiro atoms. The lowest BCUT2D eigenvalue weighted by molar-refractivity contribution is 0.417. The molecule has 1 fully saturated rings. The van der Waals surface area contributed by atoms with Gasteiger partial charge < -0.3 is 15.0 Å². The molecule has 0 bridgehead atoms. The first-order chi connectivity index (χ1) is 9.26. The Bertz CT molecular complexity index is 552. The third-order valence-corrected chi connectivity index (χ3v) is 4.09. The minimum Gasteiger partial charge on any atom is -0.496 e. The van der Waals surface area contributed by atoms with Crippen molar-refractivity contribution in [2.75, 3.05) is 31.6 Å². The largest absolute Gasteiger partial charge is 0.496 e. The van der Waals surface area contributed by atoms with E-state index in [0.29, 0.717) is 6.04 Å². The second kappa shape index (κ2) is 5.18. The third kappa shape index (κ3) is 2.57. The summed E-state index contributed by atoms with van der Waals surface area (Å²) in [5, 5.41) is 12.7. The minimum atomic E-state index is 0.470. The smallest absolute Gasteiger partial charge is 0.245 e. The van der Waals surface area contributed by atoms with E-state index in [0.717, 1.165) is 42.0 Å². The first-order valence-electron chi connectivity index (χ1n) is 6.30. The molecule has 19 heavy (non-hydrogen) atoms. The molecule has 3 rings (SSSR count). The summed E-state index contributed by atoms with van der Waals surface area (Å²) in [5.74, 6) is 2.43. The van der Waals surface area contributed by atoms with Crippen LogP contribution in [0.25, 0.3) is 10.7 Å². The Balaban J connectivity index is 1.78. The lowest BCUT2D eigenvalue weighted by Gasteiger charge is -2.30. The van der Waals surface area contributed by atoms with Crippen LogP contribution in [0.1, 0.15) is 6.92 Å². The van der Waals surface area contributed by atoms with Crippen molar-refractivity contribution in [2.24, 2.45) is 0 Å². The number of aromatic nitrogens is 3. The molecule has 1 aliphatic rings. The molecule has 1 saturated heterocycles. The Morgan fingerprint density at radius 2 is 2.42 bits per heavy atom. The van der Waals surface area contributed by atoms with E-state index in [4.69, 9.17) is 4.74 Å². The molecule has 0 aromatic carbocycles. The Morgan fingerprint density at radius 1 is 1.53 bits per heavy atom. The molecule has 7 heteroatoms. The van der Waals surface area contributed by atoms with Crippen LogP contribution in [0.3, 0.4) is 0 Å². The van der Waals surface area contributed by atoms with Crippen LogP contribution >= 0.6 is 11.3 Å². The van der Waals surface area contributed by atoms with E-state index in [2.05, 4.69) is 32.3 Å². The van der Waals surface area contributed by atoms with Crippen LogP contribution in [-0.2, 0) is 0 Å². The van der Waals surface area contributed by atoms with Gasteiger partial charge in [-0.15, -0.1) is 16.4 Å². The van der Waals surface area contributed by atoms with E-state index < -0.39 is 0 Å². The van der Waals surface area contributed by atoms with Crippen molar-refractivity contribution >= 4 is 17.3 Å². The Morgan fingerprint density at radius 3 is 3.16 bits per heavy atom. The number of piperazine rings is 1. The normalized spacial score (nSPS) is 19.7. The fourth-order valence-corrected chi connectivity index (χ4v) is 2.96. The standard InChI is InChI=1S/C12H17N5OS/c1-8-6-17(4-3-13-8)12-14-11(15-16-12)10-5-9(18-2)7-19-10/h5,7-8,13H,3-4,6H2,1-2H3,(H,14,15,16). The summed E-state index contributed by atoms with van der Waals surface area (Å²) in [6.45, 7) is 5.02. The van der Waals surface area contributed by atoms with Crippen LogP contribution < -0.4 is 15.0 Å². The van der Waals surface area contributed by atoms with Gasteiger partial charge in [0.05, 0.1) is 12.0 Å². The van der Waals surface area contributed by atoms with Crippen LogP contribution in [0, 0.1) is 0 Å². The van der Waals surface area contributed by atoms with Crippen LogP contribution in [0.4, 0.5) is 5.95 Å². The molecule has 1 atom stereocenters. The molecule has 0 radical (unpaired) electrons. The Labute approximate surface area is 115 Å². The summed E-state index contributed by atoms with van der Waals surface area (Å²) in [6, 6.07) is 2.44. The maximum atomic E-state index is 5.18. The van der Waals surface area contributed by atoms with Crippen LogP contribution in [-0.4, -0.2) is 48.0 Å². The van der Waals surface area contributed by atoms with Gasteiger partial charge in [-0.05, 0) is 6.92 Å². The van der Waals surface area contributed by atoms with E-state index in [1.54, 1.807) is 18.4 Å². The fourth-order valence-electron chi connectivity index (χ4n) is 2.17. The molecule has 1 aliphatic heterocycles. The highest BCUT2D eigenvalue weighted by Crippen LogP contribution is 2.29. The van der Waals surface area contributed by atoms with Gasteiger partial charge >= 0.3 is 0 Å². The third-order valence-electron chi connectivity index (χ3n) is 3.17. The van der Waals surface area contributed by atoms with Gasteiger partial charge in [-0.3, -0.25) is 5.10 Å². The number of ether oxygens (including phenoxy) is 1. The number of rotatable bonds is 3. The molecule has 3 heterocycles. The highest BCUT2D eigenvalue weighted by molar-refractivity contribution is 7.13. The summed E-state index contributed by atoms with van der Waals surface area (Å²) in [7, 11) is 1.67. The highest BCUT2D eigenvalue weighted by atomic mass is 32.1. The van der Waals surface area contributed by atoms with Crippen LogP contribution in [0.2, 0.25) is 0 Å². The number of hydrogen-bond acceptors (Lipinski definition) is 6. The molecule has 6 nitrogen and oxygen atoms in total. The topological polar surface area (TPSA) is 66.1 Å². The zero-order valence-electron chi connectivity index (χ0n) is 11.0. The number of H-pyrrole nitrogens is 1. The molecular weight excluding hydrogens is 262 g/mol. The van der Waals surface area contributed by atoms with Gasteiger partial charge in [0.25, 0.3) is 0 Å². The second-order valence-electron chi connectivity index (χ2n) is 4.64. The van der Waals surface area contributed by atoms with Gasteiger partial charge in [0.1, 0.15) is 5.75 Å². The summed E-state index contributed by atoms with van der Waals surface area (Å²) in [5.41, 5.74) is 0. The zero-order valence-corrected chi connectivity index (χ0v) is 11.8. The van der Waals surface area contributed by atoms with Gasteiger partial charge in [0.2, 0.25) is 5.95 Å². The Hall–Kier alpha value is -1.60. The van der Waals surface area contributed by atoms with Gasteiger partial charge in [-0.25, -0.2) is 0 Å². The first-order valence-corrected chi connectivity index (χ1v) is 7.18. The van der Waals surface area contributed by atoms with Crippen LogP contribution in [0.15, 0.2) is 11.4 Å². The van der Waals surface area contributed by atoms with Crippen molar-refractivity contribution in [2.45, 2.75) is 13.0 Å². The summed E-state index contributed by atoms with van der Waals surface area (Å²) < 4.78 is 5.18. The van der Waals surface area contributed by atoms with Crippen molar-refractivity contribution in [3.63, 3.8) is 0 Å². The molecule has 0 aliphatic carbocycles. The van der Waals surface area contributed by atoms with E-state index in [1.807, 2.05) is 11.4 Å². The van der Waals surface area contributed by atoms with E-state index in [9.17, 15) is 0 Å². The Kier molecular flexibility index (Phi) is 3.39. The lowest BCUT2D eigenvalue weighted by Crippen LogP contribution is -2.49. The number of hydrogen-bond donors (Lipinski definition) is 2. The molecule has 0 amide bonds. The van der Waals surface area contributed by atoms with Crippen molar-refractivity contribution < 1.29 is 4.74 Å². The van der Waals surface area contributed by atoms with E-state index >= 15 is 0 Å². The maximum absolute atomic E-state index is 5.18. The lowest BCUT2D eigenvalue weighted by atomic mass is 10.2. The van der Waals surface area contributed by atoms with Gasteiger partial charge in [-0.1, -0.05) is 0 Å². The number of thiophene rings is 1. The fraction of sp³-hybridized carbons (Fsp3) is 0.500. The van der Waals surface area contributed by atoms with Crippen molar-refractivity contribution in [3.8, 4) is 16.5 Å². The number of nitrogens with one attached hydrogen (secondary N) is 2. The average Bonchev–Trinajstić information content (AvgIpc) is 3.07. The predicted molar refractivity (Wildman–Crippen MR) is 75.9 cm³/mol. The minimum absolute atomic E-state index is 0.470. The first kappa shape index (κ1) is 12.4. The van der Waals surface area contributed by atoms with E-state index in [1.165, 1.54) is 0 Å². The summed E-state index contributed by atoms with van der Waals surface area (Å²) in [4.78, 5) is 7.81. The van der Waals surface area contributed by atoms with Crippen molar-refractivity contribution in [1.29, 1.82) is 0 Å². The van der Waals surface area contributed by atoms with E-state index in [-0.39, 0.29) is 0 Å². The number of anilines is 1. The zero-order chi connectivity index (χ0) is 13.2. The average molecular weight is 279 g/mol. The second-order valence-corrected chi connectivity index (χ2v) is 5.55.